The first-order valence-corrected chi connectivity index (χ1v) is 9.90. The molecule has 0 radical (unpaired) electrons. The van der Waals surface area contributed by atoms with Crippen LogP contribution >= 0.6 is 0 Å². The average Bonchev–Trinajstić information content (AvgIpc) is 3.28. The number of hydrogen-bond donors (Lipinski definition) is 1. The van der Waals surface area contributed by atoms with Crippen LogP contribution in [0.15, 0.2) is 18.2 Å². The highest BCUT2D eigenvalue weighted by Gasteiger charge is 2.34. The van der Waals surface area contributed by atoms with Crippen LogP contribution in [0.1, 0.15) is 37.8 Å². The van der Waals surface area contributed by atoms with Crippen molar-refractivity contribution in [3.05, 3.63) is 29.3 Å². The average molecular weight is 336 g/mol. The number of hydrogen-bond acceptors (Lipinski definition) is 3. The molecule has 126 valence electrons. The highest BCUT2D eigenvalue weighted by atomic mass is 32.2. The first kappa shape index (κ1) is 16.3. The molecule has 1 aromatic carbocycles. The summed E-state index contributed by atoms with van der Waals surface area (Å²) in [6.45, 7) is 5.12. The summed E-state index contributed by atoms with van der Waals surface area (Å²) in [6.07, 6.45) is 2.86. The summed E-state index contributed by atoms with van der Waals surface area (Å²) < 4.78 is 26.8. The van der Waals surface area contributed by atoms with Gasteiger partial charge in [-0.25, -0.2) is 8.42 Å². The van der Waals surface area contributed by atoms with E-state index in [-0.39, 0.29) is 23.5 Å². The van der Waals surface area contributed by atoms with E-state index in [2.05, 4.69) is 4.72 Å². The molecule has 1 aliphatic carbocycles. The minimum Gasteiger partial charge on any atom is -0.338 e. The summed E-state index contributed by atoms with van der Waals surface area (Å²) in [5.74, 6) is 0.665. The summed E-state index contributed by atoms with van der Waals surface area (Å²) in [5.41, 5.74) is 2.84. The van der Waals surface area contributed by atoms with Gasteiger partial charge in [0.05, 0.1) is 5.75 Å². The zero-order valence-electron chi connectivity index (χ0n) is 13.7. The molecule has 0 spiro atoms. The van der Waals surface area contributed by atoms with Crippen molar-refractivity contribution in [3.8, 4) is 0 Å². The smallest absolute Gasteiger partial charge is 0.232 e. The molecule has 3 rings (SSSR count). The Kier molecular flexibility index (Phi) is 4.36. The molecule has 0 bridgehead atoms. The van der Waals surface area contributed by atoms with Gasteiger partial charge in [-0.2, -0.15) is 0 Å². The molecule has 1 saturated carbocycles. The number of amides is 1. The van der Waals surface area contributed by atoms with Gasteiger partial charge in [0, 0.05) is 24.7 Å². The van der Waals surface area contributed by atoms with Gasteiger partial charge < -0.3 is 4.90 Å². The predicted molar refractivity (Wildman–Crippen MR) is 90.5 cm³/mol. The van der Waals surface area contributed by atoms with Crippen LogP contribution in [0.5, 0.6) is 0 Å². The van der Waals surface area contributed by atoms with E-state index in [9.17, 15) is 13.2 Å². The number of carbonyl (C=O) groups excluding carboxylic acids is 1. The molecule has 1 amide bonds. The van der Waals surface area contributed by atoms with Crippen molar-refractivity contribution in [3.63, 3.8) is 0 Å². The van der Waals surface area contributed by atoms with Gasteiger partial charge in [-0.15, -0.1) is 0 Å². The largest absolute Gasteiger partial charge is 0.338 e. The van der Waals surface area contributed by atoms with Crippen LogP contribution in [0.2, 0.25) is 0 Å². The number of benzene rings is 1. The Morgan fingerprint density at radius 1 is 1.30 bits per heavy atom. The van der Waals surface area contributed by atoms with Crippen LogP contribution in [0.4, 0.5) is 5.69 Å². The Balaban J connectivity index is 1.74. The third-order valence-electron chi connectivity index (χ3n) is 4.28. The Labute approximate surface area is 138 Å². The number of sulfonamides is 1. The maximum Gasteiger partial charge on any atom is 0.232 e. The van der Waals surface area contributed by atoms with E-state index < -0.39 is 10.0 Å². The van der Waals surface area contributed by atoms with Crippen LogP contribution in [0.3, 0.4) is 0 Å². The van der Waals surface area contributed by atoms with Crippen LogP contribution in [0.25, 0.3) is 0 Å². The number of rotatable bonds is 5. The van der Waals surface area contributed by atoms with Crippen molar-refractivity contribution in [1.82, 2.24) is 4.90 Å². The molecule has 1 fully saturated rings. The quantitative estimate of drug-likeness (QED) is 0.898. The van der Waals surface area contributed by atoms with E-state index in [0.717, 1.165) is 31.4 Å². The van der Waals surface area contributed by atoms with Crippen LogP contribution in [-0.2, 0) is 27.8 Å². The Morgan fingerprint density at radius 2 is 2.04 bits per heavy atom. The zero-order valence-corrected chi connectivity index (χ0v) is 14.5. The van der Waals surface area contributed by atoms with E-state index in [1.165, 1.54) is 5.56 Å². The molecular formula is C17H24N2O3S. The summed E-state index contributed by atoms with van der Waals surface area (Å²) in [4.78, 5) is 14.1. The summed E-state index contributed by atoms with van der Waals surface area (Å²) in [5, 5.41) is 0. The van der Waals surface area contributed by atoms with Crippen LogP contribution in [-0.4, -0.2) is 31.5 Å². The minimum atomic E-state index is -3.32. The number of nitrogens with zero attached hydrogens (tertiary/aromatic N) is 1. The van der Waals surface area contributed by atoms with Gasteiger partial charge >= 0.3 is 0 Å². The Morgan fingerprint density at radius 3 is 2.70 bits per heavy atom. The van der Waals surface area contributed by atoms with Crippen molar-refractivity contribution in [1.29, 1.82) is 0 Å². The third kappa shape index (κ3) is 4.05. The summed E-state index contributed by atoms with van der Waals surface area (Å²) >= 11 is 0. The van der Waals surface area contributed by atoms with Crippen LogP contribution in [0, 0.1) is 11.8 Å². The van der Waals surface area contributed by atoms with E-state index in [1.54, 1.807) is 0 Å². The normalized spacial score (nSPS) is 18.0. The van der Waals surface area contributed by atoms with Gasteiger partial charge in [-0.3, -0.25) is 9.52 Å². The molecule has 2 aliphatic rings. The fourth-order valence-corrected chi connectivity index (χ4v) is 4.50. The van der Waals surface area contributed by atoms with Gasteiger partial charge in [0.15, 0.2) is 0 Å². The molecule has 6 heteroatoms. The van der Waals surface area contributed by atoms with E-state index in [4.69, 9.17) is 0 Å². The molecule has 5 nitrogen and oxygen atoms in total. The van der Waals surface area contributed by atoms with Crippen molar-refractivity contribution < 1.29 is 13.2 Å². The second-order valence-corrected chi connectivity index (χ2v) is 8.81. The Bertz CT molecular complexity index is 709. The van der Waals surface area contributed by atoms with Crippen molar-refractivity contribution >= 4 is 21.6 Å². The molecule has 1 aliphatic heterocycles. The maximum atomic E-state index is 12.2. The molecule has 0 unspecified atom stereocenters. The number of anilines is 1. The molecule has 1 aromatic rings. The summed E-state index contributed by atoms with van der Waals surface area (Å²) in [7, 11) is -3.32. The first-order valence-electron chi connectivity index (χ1n) is 8.25. The Hall–Kier alpha value is -1.56. The highest BCUT2D eigenvalue weighted by molar-refractivity contribution is 7.92. The molecule has 1 N–H and O–H groups in total. The lowest BCUT2D eigenvalue weighted by Gasteiger charge is -2.29. The standard InChI is InChI=1S/C17H24N2O3S/c1-12(2)11-23(21,22)18-16-6-5-13-7-8-19(10-15(13)9-16)17(20)14-3-4-14/h5-6,9,12,14,18H,3-4,7-8,10-11H2,1-2H3. The van der Waals surface area contributed by atoms with Gasteiger partial charge in [-0.1, -0.05) is 19.9 Å². The molecule has 0 saturated heterocycles. The van der Waals surface area contributed by atoms with Crippen molar-refractivity contribution in [2.45, 2.75) is 39.7 Å². The van der Waals surface area contributed by atoms with E-state index in [0.29, 0.717) is 12.2 Å². The van der Waals surface area contributed by atoms with Gasteiger partial charge in [0.25, 0.3) is 0 Å². The highest BCUT2D eigenvalue weighted by Crippen LogP contribution is 2.33. The molecular weight excluding hydrogens is 312 g/mol. The van der Waals surface area contributed by atoms with Gasteiger partial charge in [0.1, 0.15) is 0 Å². The minimum absolute atomic E-state index is 0.0804. The number of carbonyl (C=O) groups is 1. The van der Waals surface area contributed by atoms with E-state index in [1.807, 2.05) is 36.9 Å². The first-order chi connectivity index (χ1) is 10.8. The fourth-order valence-electron chi connectivity index (χ4n) is 3.06. The number of fused-ring (bicyclic) bond motifs is 1. The second-order valence-electron chi connectivity index (χ2n) is 7.04. The lowest BCUT2D eigenvalue weighted by Crippen LogP contribution is -2.36. The fraction of sp³-hybridized carbons (Fsp3) is 0.588. The van der Waals surface area contributed by atoms with Gasteiger partial charge in [0.2, 0.25) is 15.9 Å². The number of nitrogens with one attached hydrogen (secondary N) is 1. The van der Waals surface area contributed by atoms with Crippen LogP contribution < -0.4 is 4.72 Å². The second kappa shape index (κ2) is 6.15. The van der Waals surface area contributed by atoms with Crippen molar-refractivity contribution in [2.24, 2.45) is 11.8 Å². The zero-order chi connectivity index (χ0) is 16.6. The third-order valence-corrected chi connectivity index (χ3v) is 5.94. The summed E-state index contributed by atoms with van der Waals surface area (Å²) in [6, 6.07) is 5.66. The van der Waals surface area contributed by atoms with Crippen molar-refractivity contribution in [2.75, 3.05) is 17.0 Å². The topological polar surface area (TPSA) is 66.5 Å². The molecule has 1 heterocycles. The monoisotopic (exact) mass is 336 g/mol. The lowest BCUT2D eigenvalue weighted by atomic mass is 9.99. The molecule has 0 atom stereocenters. The maximum absolute atomic E-state index is 12.2. The van der Waals surface area contributed by atoms with Gasteiger partial charge in [-0.05, 0) is 48.4 Å². The molecule has 23 heavy (non-hydrogen) atoms. The van der Waals surface area contributed by atoms with E-state index >= 15 is 0 Å². The molecule has 0 aromatic heterocycles. The SMILES string of the molecule is CC(C)CS(=O)(=O)Nc1ccc2c(c1)CN(C(=O)C1CC1)CC2. The predicted octanol–water partition coefficient (Wildman–Crippen LogP) is 2.38. The lowest BCUT2D eigenvalue weighted by molar-refractivity contribution is -0.133.